The lowest BCUT2D eigenvalue weighted by atomic mass is 10.2. The molecule has 0 aliphatic rings. The third-order valence-electron chi connectivity index (χ3n) is 2.59. The van der Waals surface area contributed by atoms with E-state index in [0.717, 1.165) is 11.1 Å². The van der Waals surface area contributed by atoms with Gasteiger partial charge in [-0.3, -0.25) is 4.21 Å². The number of imidazole rings is 1. The standard InChI is InChI=1S/C13H11N3OS/c17-18(9-10-5-2-1-3-6-10)13-15-11-7-4-8-14-12(11)16-13/h1-8H,9H2,(H,14,15,16). The third kappa shape index (κ3) is 2.17. The van der Waals surface area contributed by atoms with Crippen molar-refractivity contribution in [2.45, 2.75) is 10.9 Å². The molecule has 0 bridgehead atoms. The Morgan fingerprint density at radius 2 is 1.94 bits per heavy atom. The van der Waals surface area contributed by atoms with Crippen LogP contribution in [0.2, 0.25) is 0 Å². The van der Waals surface area contributed by atoms with Gasteiger partial charge in [-0.1, -0.05) is 30.3 Å². The first-order valence-electron chi connectivity index (χ1n) is 5.56. The van der Waals surface area contributed by atoms with E-state index in [1.165, 1.54) is 0 Å². The third-order valence-corrected chi connectivity index (χ3v) is 3.81. The fraction of sp³-hybridized carbons (Fsp3) is 0.0769. The highest BCUT2D eigenvalue weighted by atomic mass is 32.2. The lowest BCUT2D eigenvalue weighted by Gasteiger charge is -1.98. The predicted octanol–water partition coefficient (Wildman–Crippen LogP) is 2.27. The molecule has 18 heavy (non-hydrogen) atoms. The largest absolute Gasteiger partial charge is 0.329 e. The van der Waals surface area contributed by atoms with Gasteiger partial charge >= 0.3 is 0 Å². The zero-order valence-electron chi connectivity index (χ0n) is 9.54. The Morgan fingerprint density at radius 1 is 1.11 bits per heavy atom. The molecule has 90 valence electrons. The maximum atomic E-state index is 12.2. The van der Waals surface area contributed by atoms with E-state index in [9.17, 15) is 4.21 Å². The van der Waals surface area contributed by atoms with E-state index in [1.807, 2.05) is 42.5 Å². The molecule has 0 radical (unpaired) electrons. The number of fused-ring (bicyclic) bond motifs is 1. The topological polar surface area (TPSA) is 58.6 Å². The SMILES string of the molecule is O=S(Cc1ccccc1)c1nc2ncccc2[nH]1. The molecule has 5 heteroatoms. The second-order valence-electron chi connectivity index (χ2n) is 3.89. The van der Waals surface area contributed by atoms with Crippen molar-refractivity contribution in [2.24, 2.45) is 0 Å². The summed E-state index contributed by atoms with van der Waals surface area (Å²) in [6.45, 7) is 0. The number of H-pyrrole nitrogens is 1. The summed E-state index contributed by atoms with van der Waals surface area (Å²) in [5.74, 6) is 0.459. The van der Waals surface area contributed by atoms with Crippen LogP contribution in [0, 0.1) is 0 Å². The van der Waals surface area contributed by atoms with Gasteiger partial charge in [-0.05, 0) is 17.7 Å². The molecule has 2 heterocycles. The van der Waals surface area contributed by atoms with E-state index in [4.69, 9.17) is 0 Å². The Morgan fingerprint density at radius 3 is 2.72 bits per heavy atom. The van der Waals surface area contributed by atoms with Crippen molar-refractivity contribution in [2.75, 3.05) is 0 Å². The molecule has 0 saturated carbocycles. The van der Waals surface area contributed by atoms with Crippen LogP contribution in [0.5, 0.6) is 0 Å². The van der Waals surface area contributed by atoms with Crippen molar-refractivity contribution in [3.05, 3.63) is 54.2 Å². The molecule has 0 aliphatic heterocycles. The molecular formula is C13H11N3OS. The van der Waals surface area contributed by atoms with Gasteiger partial charge in [-0.2, -0.15) is 0 Å². The molecular weight excluding hydrogens is 246 g/mol. The van der Waals surface area contributed by atoms with Crippen LogP contribution >= 0.6 is 0 Å². The monoisotopic (exact) mass is 257 g/mol. The van der Waals surface area contributed by atoms with Crippen LogP contribution in [0.15, 0.2) is 53.8 Å². The summed E-state index contributed by atoms with van der Waals surface area (Å²) in [4.78, 5) is 11.4. The number of pyridine rings is 1. The average Bonchev–Trinajstić information content (AvgIpc) is 2.84. The van der Waals surface area contributed by atoms with Crippen LogP contribution in [-0.4, -0.2) is 19.2 Å². The van der Waals surface area contributed by atoms with Gasteiger partial charge in [0.15, 0.2) is 10.8 Å². The number of rotatable bonds is 3. The van der Waals surface area contributed by atoms with E-state index in [0.29, 0.717) is 16.6 Å². The zero-order valence-corrected chi connectivity index (χ0v) is 10.4. The van der Waals surface area contributed by atoms with Gasteiger partial charge in [0.25, 0.3) is 0 Å². The lowest BCUT2D eigenvalue weighted by molar-refractivity contribution is 0.677. The molecule has 0 spiro atoms. The van der Waals surface area contributed by atoms with Crippen molar-refractivity contribution in [3.63, 3.8) is 0 Å². The Balaban J connectivity index is 1.88. The predicted molar refractivity (Wildman–Crippen MR) is 70.4 cm³/mol. The minimum Gasteiger partial charge on any atom is -0.329 e. The minimum absolute atomic E-state index is 0.459. The van der Waals surface area contributed by atoms with Crippen molar-refractivity contribution in [1.82, 2.24) is 15.0 Å². The van der Waals surface area contributed by atoms with Gasteiger partial charge < -0.3 is 4.98 Å². The fourth-order valence-corrected chi connectivity index (χ4v) is 2.77. The maximum absolute atomic E-state index is 12.2. The molecule has 0 amide bonds. The molecule has 3 aromatic rings. The first kappa shape index (κ1) is 11.1. The Kier molecular flexibility index (Phi) is 2.90. The zero-order chi connectivity index (χ0) is 12.4. The van der Waals surface area contributed by atoms with Crippen LogP contribution in [0.1, 0.15) is 5.56 Å². The summed E-state index contributed by atoms with van der Waals surface area (Å²) < 4.78 is 12.2. The Bertz CT molecular complexity index is 661. The Hall–Kier alpha value is -2.01. The molecule has 2 aromatic heterocycles. The molecule has 3 rings (SSSR count). The molecule has 1 N–H and O–H groups in total. The van der Waals surface area contributed by atoms with Crippen LogP contribution in [0.25, 0.3) is 11.2 Å². The molecule has 1 aromatic carbocycles. The number of hydrogen-bond acceptors (Lipinski definition) is 3. The van der Waals surface area contributed by atoms with E-state index < -0.39 is 10.8 Å². The van der Waals surface area contributed by atoms with Gasteiger partial charge in [-0.25, -0.2) is 9.97 Å². The van der Waals surface area contributed by atoms with Crippen molar-refractivity contribution in [1.29, 1.82) is 0 Å². The second-order valence-corrected chi connectivity index (χ2v) is 5.26. The van der Waals surface area contributed by atoms with Gasteiger partial charge in [0, 0.05) is 6.20 Å². The second kappa shape index (κ2) is 4.70. The van der Waals surface area contributed by atoms with Crippen molar-refractivity contribution in [3.8, 4) is 0 Å². The van der Waals surface area contributed by atoms with E-state index >= 15 is 0 Å². The first-order chi connectivity index (χ1) is 8.83. The van der Waals surface area contributed by atoms with E-state index in [2.05, 4.69) is 15.0 Å². The van der Waals surface area contributed by atoms with Gasteiger partial charge in [0.1, 0.15) is 0 Å². The lowest BCUT2D eigenvalue weighted by Crippen LogP contribution is -1.98. The van der Waals surface area contributed by atoms with Crippen molar-refractivity contribution >= 4 is 22.0 Å². The highest BCUT2D eigenvalue weighted by Gasteiger charge is 2.10. The number of nitrogens with zero attached hydrogens (tertiary/aromatic N) is 2. The average molecular weight is 257 g/mol. The van der Waals surface area contributed by atoms with Crippen LogP contribution in [0.4, 0.5) is 0 Å². The number of benzene rings is 1. The smallest absolute Gasteiger partial charge is 0.199 e. The maximum Gasteiger partial charge on any atom is 0.199 e. The molecule has 0 aliphatic carbocycles. The summed E-state index contributed by atoms with van der Waals surface area (Å²) in [7, 11) is -1.17. The quantitative estimate of drug-likeness (QED) is 0.783. The number of aromatic nitrogens is 3. The molecule has 1 unspecified atom stereocenters. The summed E-state index contributed by atoms with van der Waals surface area (Å²) in [6, 6.07) is 13.4. The molecule has 0 fully saturated rings. The Labute approximate surface area is 107 Å². The van der Waals surface area contributed by atoms with Gasteiger partial charge in [0.05, 0.1) is 22.1 Å². The van der Waals surface area contributed by atoms with Gasteiger partial charge in [-0.15, -0.1) is 0 Å². The molecule has 4 nitrogen and oxygen atoms in total. The summed E-state index contributed by atoms with van der Waals surface area (Å²) in [5, 5.41) is 0.479. The van der Waals surface area contributed by atoms with Gasteiger partial charge in [0.2, 0.25) is 0 Å². The van der Waals surface area contributed by atoms with E-state index in [1.54, 1.807) is 6.20 Å². The van der Waals surface area contributed by atoms with Crippen LogP contribution < -0.4 is 0 Å². The minimum atomic E-state index is -1.17. The molecule has 0 saturated heterocycles. The normalized spacial score (nSPS) is 12.7. The number of hydrogen-bond donors (Lipinski definition) is 1. The summed E-state index contributed by atoms with van der Waals surface area (Å²) in [5.41, 5.74) is 2.45. The first-order valence-corrected chi connectivity index (χ1v) is 6.88. The van der Waals surface area contributed by atoms with Crippen molar-refractivity contribution < 1.29 is 4.21 Å². The van der Waals surface area contributed by atoms with E-state index in [-0.39, 0.29) is 0 Å². The van der Waals surface area contributed by atoms with Crippen LogP contribution in [-0.2, 0) is 16.6 Å². The fourth-order valence-electron chi connectivity index (χ4n) is 1.72. The highest BCUT2D eigenvalue weighted by Crippen LogP contribution is 2.13. The number of aromatic amines is 1. The number of nitrogens with one attached hydrogen (secondary N) is 1. The highest BCUT2D eigenvalue weighted by molar-refractivity contribution is 7.84. The summed E-state index contributed by atoms with van der Waals surface area (Å²) in [6.07, 6.45) is 1.67. The summed E-state index contributed by atoms with van der Waals surface area (Å²) >= 11 is 0. The molecule has 1 atom stereocenters. The van der Waals surface area contributed by atoms with Crippen LogP contribution in [0.3, 0.4) is 0 Å².